The van der Waals surface area contributed by atoms with Gasteiger partial charge < -0.3 is 25.4 Å². The molecule has 1 amide bonds. The molecule has 7 heteroatoms. The van der Waals surface area contributed by atoms with Crippen LogP contribution in [0.4, 0.5) is 4.79 Å². The first-order valence-electron chi connectivity index (χ1n) is 16.7. The van der Waals surface area contributed by atoms with Crippen LogP contribution in [0.2, 0.25) is 0 Å². The van der Waals surface area contributed by atoms with Crippen LogP contribution in [0.5, 0.6) is 0 Å². The molecular formula is C34H55NO6. The van der Waals surface area contributed by atoms with Crippen molar-refractivity contribution in [2.45, 2.75) is 124 Å². The first kappa shape index (κ1) is 29.7. The van der Waals surface area contributed by atoms with E-state index in [4.69, 9.17) is 4.74 Å². The maximum atomic E-state index is 13.0. The molecule has 0 spiro atoms. The van der Waals surface area contributed by atoms with Crippen LogP contribution in [0.1, 0.15) is 112 Å². The Balaban J connectivity index is 1.30. The highest BCUT2D eigenvalue weighted by Gasteiger charge is 2.72. The Morgan fingerprint density at radius 2 is 1.51 bits per heavy atom. The van der Waals surface area contributed by atoms with Crippen molar-refractivity contribution in [3.8, 4) is 0 Å². The SMILES string of the molecule is CC1(C)C2CC[C@]3(C)C(CCC4C5[C@H](C(CO)CO)CC[C@]5(C(=O)O)CC[C@]43C)[C@@]2(C)CC[C@H]1OC(=O)NC1CC1. The van der Waals surface area contributed by atoms with E-state index in [1.54, 1.807) is 0 Å². The average Bonchev–Trinajstić information content (AvgIpc) is 3.64. The third kappa shape index (κ3) is 4.09. The summed E-state index contributed by atoms with van der Waals surface area (Å²) in [6, 6.07) is 0.297. The number of hydrogen-bond donors (Lipinski definition) is 4. The van der Waals surface area contributed by atoms with E-state index in [-0.39, 0.29) is 64.8 Å². The van der Waals surface area contributed by atoms with E-state index in [1.807, 2.05) is 0 Å². The number of fused-ring (bicyclic) bond motifs is 7. The van der Waals surface area contributed by atoms with E-state index in [2.05, 4.69) is 39.9 Å². The quantitative estimate of drug-likeness (QED) is 0.309. The number of alkyl carbamates (subject to hydrolysis) is 1. The summed E-state index contributed by atoms with van der Waals surface area (Å²) in [5.74, 6) is 0.476. The monoisotopic (exact) mass is 573 g/mol. The zero-order valence-corrected chi connectivity index (χ0v) is 26.1. The Hall–Kier alpha value is -1.34. The van der Waals surface area contributed by atoms with Gasteiger partial charge in [0, 0.05) is 30.6 Å². The molecule has 4 unspecified atom stereocenters. The molecule has 6 aliphatic rings. The van der Waals surface area contributed by atoms with E-state index >= 15 is 0 Å². The van der Waals surface area contributed by atoms with Gasteiger partial charge in [0.25, 0.3) is 0 Å². The molecule has 41 heavy (non-hydrogen) atoms. The van der Waals surface area contributed by atoms with Crippen LogP contribution in [0.25, 0.3) is 0 Å². The molecule has 4 N–H and O–H groups in total. The number of carboxylic acid groups (broad SMARTS) is 1. The van der Waals surface area contributed by atoms with Crippen LogP contribution < -0.4 is 5.32 Å². The van der Waals surface area contributed by atoms with Crippen LogP contribution in [-0.2, 0) is 9.53 Å². The molecular weight excluding hydrogens is 518 g/mol. The number of aliphatic carboxylic acids is 1. The number of hydrogen-bond acceptors (Lipinski definition) is 5. The van der Waals surface area contributed by atoms with Crippen molar-refractivity contribution in [3.05, 3.63) is 0 Å². The van der Waals surface area contributed by atoms with Gasteiger partial charge in [-0.2, -0.15) is 0 Å². The lowest BCUT2D eigenvalue weighted by Crippen LogP contribution is -2.67. The number of aliphatic hydroxyl groups excluding tert-OH is 2. The second-order valence-corrected chi connectivity index (χ2v) is 16.7. The summed E-state index contributed by atoms with van der Waals surface area (Å²) in [5.41, 5.74) is -0.566. The molecule has 6 fully saturated rings. The Morgan fingerprint density at radius 1 is 0.805 bits per heavy atom. The van der Waals surface area contributed by atoms with E-state index in [9.17, 15) is 24.9 Å². The molecule has 10 atom stereocenters. The maximum absolute atomic E-state index is 13.0. The van der Waals surface area contributed by atoms with E-state index in [1.165, 1.54) is 0 Å². The van der Waals surface area contributed by atoms with Crippen LogP contribution in [0.3, 0.4) is 0 Å². The minimum Gasteiger partial charge on any atom is -0.481 e. The fraction of sp³-hybridized carbons (Fsp3) is 0.941. The van der Waals surface area contributed by atoms with Gasteiger partial charge in [0.15, 0.2) is 0 Å². The highest BCUT2D eigenvalue weighted by molar-refractivity contribution is 5.76. The summed E-state index contributed by atoms with van der Waals surface area (Å²) in [6.07, 6.45) is 11.2. The predicted octanol–water partition coefficient (Wildman–Crippen LogP) is 6.01. The minimum atomic E-state index is -0.722. The number of carboxylic acids is 1. The van der Waals surface area contributed by atoms with Crippen molar-refractivity contribution >= 4 is 12.1 Å². The van der Waals surface area contributed by atoms with Crippen LogP contribution in [0.15, 0.2) is 0 Å². The fourth-order valence-electron chi connectivity index (χ4n) is 12.6. The lowest BCUT2D eigenvalue weighted by atomic mass is 9.32. The van der Waals surface area contributed by atoms with E-state index < -0.39 is 11.4 Å². The van der Waals surface area contributed by atoms with Gasteiger partial charge in [0.1, 0.15) is 6.10 Å². The van der Waals surface area contributed by atoms with Gasteiger partial charge in [-0.25, -0.2) is 4.79 Å². The number of carbonyl (C=O) groups excluding carboxylic acids is 1. The standard InChI is InChI=1S/C34H55NO6/c1-30(2)24-11-14-33(5)25(31(24,3)13-12-26(30)41-29(40)35-21-6-7-21)9-8-23-27-22(20(18-36)19-37)10-15-34(27,28(38)39)17-16-32(23,33)4/h20-27,36-37H,6-19H2,1-5H3,(H,35,40)(H,38,39)/t22-,23?,24?,25?,26+,27?,31-,32+,33+,34-/m0/s1. The van der Waals surface area contributed by atoms with Crippen LogP contribution >= 0.6 is 0 Å². The number of amides is 1. The molecule has 0 radical (unpaired) electrons. The van der Waals surface area contributed by atoms with Gasteiger partial charge in [0.2, 0.25) is 0 Å². The topological polar surface area (TPSA) is 116 Å². The molecule has 0 aromatic rings. The first-order chi connectivity index (χ1) is 19.3. The molecule has 0 saturated heterocycles. The molecule has 6 saturated carbocycles. The van der Waals surface area contributed by atoms with Gasteiger partial charge in [-0.15, -0.1) is 0 Å². The molecule has 0 heterocycles. The summed E-state index contributed by atoms with van der Waals surface area (Å²) in [7, 11) is 0. The number of ether oxygens (including phenoxy) is 1. The maximum Gasteiger partial charge on any atom is 0.407 e. The third-order valence-corrected chi connectivity index (χ3v) is 15.1. The zero-order valence-electron chi connectivity index (χ0n) is 26.1. The third-order valence-electron chi connectivity index (χ3n) is 15.1. The Bertz CT molecular complexity index is 1050. The minimum absolute atomic E-state index is 0.0110. The number of nitrogens with one attached hydrogen (secondary N) is 1. The molecule has 232 valence electrons. The second-order valence-electron chi connectivity index (χ2n) is 16.7. The van der Waals surface area contributed by atoms with Crippen molar-refractivity contribution in [3.63, 3.8) is 0 Å². The predicted molar refractivity (Wildman–Crippen MR) is 156 cm³/mol. The lowest BCUT2D eigenvalue weighted by Gasteiger charge is -2.72. The van der Waals surface area contributed by atoms with Gasteiger partial charge in [-0.3, -0.25) is 4.79 Å². The van der Waals surface area contributed by atoms with Gasteiger partial charge in [-0.05, 0) is 123 Å². The van der Waals surface area contributed by atoms with Crippen LogP contribution in [0, 0.1) is 62.6 Å². The zero-order chi connectivity index (χ0) is 29.6. The first-order valence-corrected chi connectivity index (χ1v) is 16.7. The summed E-state index contributed by atoms with van der Waals surface area (Å²) < 4.78 is 6.11. The molecule has 7 nitrogen and oxygen atoms in total. The fourth-order valence-corrected chi connectivity index (χ4v) is 12.6. The van der Waals surface area contributed by atoms with Gasteiger partial charge in [-0.1, -0.05) is 34.6 Å². The Kier molecular flexibility index (Phi) is 7.13. The summed E-state index contributed by atoms with van der Waals surface area (Å²) >= 11 is 0. The largest absolute Gasteiger partial charge is 0.481 e. The lowest BCUT2D eigenvalue weighted by molar-refractivity contribution is -0.250. The smallest absolute Gasteiger partial charge is 0.407 e. The second kappa shape index (κ2) is 9.84. The molecule has 6 aliphatic carbocycles. The van der Waals surface area contributed by atoms with E-state index in [0.717, 1.165) is 64.2 Å². The van der Waals surface area contributed by atoms with Crippen LogP contribution in [-0.4, -0.2) is 52.7 Å². The summed E-state index contributed by atoms with van der Waals surface area (Å²) in [4.78, 5) is 25.6. The highest BCUT2D eigenvalue weighted by Crippen LogP contribution is 2.77. The van der Waals surface area contributed by atoms with Crippen molar-refractivity contribution in [2.75, 3.05) is 13.2 Å². The van der Waals surface area contributed by atoms with Gasteiger partial charge >= 0.3 is 12.1 Å². The van der Waals surface area contributed by atoms with Crippen molar-refractivity contribution in [1.29, 1.82) is 0 Å². The number of rotatable bonds is 6. The molecule has 0 aliphatic heterocycles. The highest BCUT2D eigenvalue weighted by atomic mass is 16.6. The molecule has 0 aromatic heterocycles. The number of carbonyl (C=O) groups is 2. The average molecular weight is 574 g/mol. The Morgan fingerprint density at radius 3 is 2.15 bits per heavy atom. The van der Waals surface area contributed by atoms with Gasteiger partial charge in [0.05, 0.1) is 5.41 Å². The number of aliphatic hydroxyl groups is 2. The van der Waals surface area contributed by atoms with E-state index in [0.29, 0.717) is 36.6 Å². The molecule has 6 rings (SSSR count). The summed E-state index contributed by atoms with van der Waals surface area (Å²) in [6.45, 7) is 12.1. The molecule has 0 bridgehead atoms. The van der Waals surface area contributed by atoms with Crippen molar-refractivity contribution in [1.82, 2.24) is 5.32 Å². The van der Waals surface area contributed by atoms with Crippen molar-refractivity contribution < 1.29 is 29.6 Å². The molecule has 0 aromatic carbocycles. The summed E-state index contributed by atoms with van der Waals surface area (Å²) in [5, 5.41) is 34.0. The van der Waals surface area contributed by atoms with Crippen molar-refractivity contribution in [2.24, 2.45) is 62.6 Å². The normalized spacial score (nSPS) is 48.4. The Labute approximate surface area is 246 Å².